The average Bonchev–Trinajstić information content (AvgIpc) is 2.35. The highest BCUT2D eigenvalue weighted by molar-refractivity contribution is 4.33. The van der Waals surface area contributed by atoms with Gasteiger partial charge in [0.1, 0.15) is 0 Å². The molecule has 0 unspecified atom stereocenters. The number of hydrogen-bond donors (Lipinski definition) is 4. The van der Waals surface area contributed by atoms with Crippen LogP contribution in [0.3, 0.4) is 0 Å². The highest BCUT2D eigenvalue weighted by atomic mass is 16.9. The van der Waals surface area contributed by atoms with E-state index in [0.717, 1.165) is 0 Å². The summed E-state index contributed by atoms with van der Waals surface area (Å²) in [6.07, 6.45) is 0. The minimum absolute atomic E-state index is 0.0413. The Labute approximate surface area is 119 Å². The largest absolute Gasteiger partial charge is 0.394 e. The van der Waals surface area contributed by atoms with Crippen molar-refractivity contribution in [1.29, 1.82) is 0 Å². The number of rotatable bonds is 10. The van der Waals surface area contributed by atoms with Gasteiger partial charge in [-0.15, -0.1) is 20.2 Å². The van der Waals surface area contributed by atoms with E-state index in [1.165, 1.54) is 0 Å². The van der Waals surface area contributed by atoms with E-state index < -0.39 is 10.2 Å². The van der Waals surface area contributed by atoms with Crippen molar-refractivity contribution in [2.75, 3.05) is 52.9 Å². The number of hydrogen-bond acceptors (Lipinski definition) is 9. The van der Waals surface area contributed by atoms with Crippen LogP contribution in [0.15, 0.2) is 0 Å². The third-order valence-corrected chi connectivity index (χ3v) is 1.22. The maximum Gasteiger partial charge on any atom is 0.291 e. The second kappa shape index (κ2) is 23.3. The number of ether oxygens (including phenoxy) is 3. The molecular formula is C8H20N2O11. The van der Waals surface area contributed by atoms with Crippen LogP contribution >= 0.6 is 0 Å². The molecule has 0 spiro atoms. The lowest BCUT2D eigenvalue weighted by Crippen LogP contribution is -2.11. The Kier molecular flexibility index (Phi) is 26.9. The summed E-state index contributed by atoms with van der Waals surface area (Å²) in [6.45, 7) is 2.76. The Balaban J connectivity index is -0.000000334. The summed E-state index contributed by atoms with van der Waals surface area (Å²) in [5.74, 6) is 0. The van der Waals surface area contributed by atoms with E-state index in [1.54, 1.807) is 0 Å². The van der Waals surface area contributed by atoms with E-state index in [9.17, 15) is 0 Å². The molecule has 0 atom stereocenters. The average molecular weight is 320 g/mol. The predicted octanol–water partition coefficient (Wildman–Crippen LogP) is -1.67. The van der Waals surface area contributed by atoms with E-state index in [2.05, 4.69) is 0 Å². The van der Waals surface area contributed by atoms with Gasteiger partial charge in [-0.2, -0.15) is 0 Å². The topological polar surface area (TPSA) is 195 Å². The SMILES string of the molecule is O=[N+]([O-])O.O=[N+]([O-])O.OCCOCCOCCOCCO. The molecule has 21 heavy (non-hydrogen) atoms. The normalized spacial score (nSPS) is 8.86. The first-order chi connectivity index (χ1) is 9.88. The predicted molar refractivity (Wildman–Crippen MR) is 64.2 cm³/mol. The van der Waals surface area contributed by atoms with Gasteiger partial charge in [0.15, 0.2) is 0 Å². The van der Waals surface area contributed by atoms with Gasteiger partial charge < -0.3 is 34.8 Å². The molecule has 4 N–H and O–H groups in total. The van der Waals surface area contributed by atoms with E-state index >= 15 is 0 Å². The third kappa shape index (κ3) is 71.0. The first kappa shape index (κ1) is 24.2. The van der Waals surface area contributed by atoms with Gasteiger partial charge >= 0.3 is 0 Å². The first-order valence-electron chi connectivity index (χ1n) is 5.49. The molecule has 0 rings (SSSR count). The molecule has 0 aliphatic heterocycles. The summed E-state index contributed by atoms with van der Waals surface area (Å²) >= 11 is 0. The molecular weight excluding hydrogens is 300 g/mol. The highest BCUT2D eigenvalue weighted by Gasteiger charge is 1.89. The summed E-state index contributed by atoms with van der Waals surface area (Å²) in [5.41, 5.74) is 0. The minimum Gasteiger partial charge on any atom is -0.394 e. The summed E-state index contributed by atoms with van der Waals surface area (Å²) in [7, 11) is 0. The molecule has 0 radical (unpaired) electrons. The lowest BCUT2D eigenvalue weighted by Gasteiger charge is -2.04. The Morgan fingerprint density at radius 3 is 1.05 bits per heavy atom. The fraction of sp³-hybridized carbons (Fsp3) is 1.00. The zero-order valence-electron chi connectivity index (χ0n) is 11.2. The van der Waals surface area contributed by atoms with E-state index in [1.807, 2.05) is 0 Å². The molecule has 0 saturated carbocycles. The standard InChI is InChI=1S/C8H18O5.2HNO3/c9-1-3-11-5-7-13-8-6-12-4-2-10;2*2-1(3)4/h9-10H,1-8H2;2*(H,2,3,4). The minimum atomic E-state index is -1.50. The van der Waals surface area contributed by atoms with Crippen LogP contribution in [0.1, 0.15) is 0 Å². The Hall–Kier alpha value is -1.80. The third-order valence-electron chi connectivity index (χ3n) is 1.22. The van der Waals surface area contributed by atoms with Crippen molar-refractivity contribution in [3.63, 3.8) is 0 Å². The molecule has 0 heterocycles. The van der Waals surface area contributed by atoms with Crippen molar-refractivity contribution in [3.05, 3.63) is 20.2 Å². The molecule has 0 bridgehead atoms. The van der Waals surface area contributed by atoms with E-state index in [0.29, 0.717) is 39.6 Å². The Bertz CT molecular complexity index is 198. The molecule has 0 amide bonds. The fourth-order valence-electron chi connectivity index (χ4n) is 0.671. The van der Waals surface area contributed by atoms with Gasteiger partial charge in [0, 0.05) is 0 Å². The van der Waals surface area contributed by atoms with Gasteiger partial charge in [-0.1, -0.05) is 0 Å². The second-order valence-corrected chi connectivity index (χ2v) is 2.76. The van der Waals surface area contributed by atoms with Crippen LogP contribution in [0, 0.1) is 20.2 Å². The summed E-state index contributed by atoms with van der Waals surface area (Å²) < 4.78 is 15.0. The molecule has 0 aliphatic rings. The number of aliphatic hydroxyl groups is 2. The summed E-state index contributed by atoms with van der Waals surface area (Å²) in [4.78, 5) is 16.7. The van der Waals surface area contributed by atoms with Crippen LogP contribution in [0.25, 0.3) is 0 Å². The van der Waals surface area contributed by atoms with Gasteiger partial charge in [-0.05, 0) is 0 Å². The van der Waals surface area contributed by atoms with Crippen molar-refractivity contribution >= 4 is 0 Å². The molecule has 0 aromatic rings. The maximum absolute atomic E-state index is 8.36. The second-order valence-electron chi connectivity index (χ2n) is 2.76. The molecule has 128 valence electrons. The first-order valence-corrected chi connectivity index (χ1v) is 5.49. The smallest absolute Gasteiger partial charge is 0.291 e. The Morgan fingerprint density at radius 1 is 0.667 bits per heavy atom. The van der Waals surface area contributed by atoms with Gasteiger partial charge in [-0.3, -0.25) is 0 Å². The van der Waals surface area contributed by atoms with Crippen LogP contribution in [0.2, 0.25) is 0 Å². The molecule has 0 saturated heterocycles. The van der Waals surface area contributed by atoms with Crippen molar-refractivity contribution < 1.29 is 45.0 Å². The lowest BCUT2D eigenvalue weighted by molar-refractivity contribution is -0.742. The van der Waals surface area contributed by atoms with Crippen LogP contribution < -0.4 is 0 Å². The molecule has 0 aliphatic carbocycles. The molecule has 13 heteroatoms. The van der Waals surface area contributed by atoms with Crippen molar-refractivity contribution in [1.82, 2.24) is 0 Å². The van der Waals surface area contributed by atoms with Crippen molar-refractivity contribution in [3.8, 4) is 0 Å². The van der Waals surface area contributed by atoms with Gasteiger partial charge in [0.25, 0.3) is 10.2 Å². The summed E-state index contributed by atoms with van der Waals surface area (Å²) in [6, 6.07) is 0. The van der Waals surface area contributed by atoms with Crippen LogP contribution in [-0.4, -0.2) is 83.7 Å². The zero-order valence-corrected chi connectivity index (χ0v) is 11.2. The highest BCUT2D eigenvalue weighted by Crippen LogP contribution is 1.80. The molecule has 0 fully saturated rings. The Morgan fingerprint density at radius 2 is 0.857 bits per heavy atom. The fourth-order valence-corrected chi connectivity index (χ4v) is 0.671. The van der Waals surface area contributed by atoms with E-state index in [4.69, 9.17) is 55.1 Å². The molecule has 13 nitrogen and oxygen atoms in total. The maximum atomic E-state index is 8.36. The quantitative estimate of drug-likeness (QED) is 0.204. The van der Waals surface area contributed by atoms with Crippen LogP contribution in [0.5, 0.6) is 0 Å². The molecule has 0 aromatic carbocycles. The molecule has 0 aromatic heterocycles. The number of nitrogens with zero attached hydrogens (tertiary/aromatic N) is 2. The van der Waals surface area contributed by atoms with Crippen molar-refractivity contribution in [2.24, 2.45) is 0 Å². The van der Waals surface area contributed by atoms with Gasteiger partial charge in [0.05, 0.1) is 52.9 Å². The van der Waals surface area contributed by atoms with Crippen LogP contribution in [-0.2, 0) is 14.2 Å². The van der Waals surface area contributed by atoms with Gasteiger partial charge in [-0.25, -0.2) is 0 Å². The monoisotopic (exact) mass is 320 g/mol. The van der Waals surface area contributed by atoms with Crippen molar-refractivity contribution in [2.45, 2.75) is 0 Å². The van der Waals surface area contributed by atoms with Gasteiger partial charge in [0.2, 0.25) is 0 Å². The number of aliphatic hydroxyl groups excluding tert-OH is 2. The zero-order chi connectivity index (χ0) is 16.9. The summed E-state index contributed by atoms with van der Waals surface area (Å²) in [5, 5.41) is 44.0. The van der Waals surface area contributed by atoms with Crippen LogP contribution in [0.4, 0.5) is 0 Å². The van der Waals surface area contributed by atoms with E-state index in [-0.39, 0.29) is 13.2 Å². The lowest BCUT2D eigenvalue weighted by atomic mass is 10.7.